The first-order valence-electron chi connectivity index (χ1n) is 2.34. The van der Waals surface area contributed by atoms with Gasteiger partial charge in [0.2, 0.25) is 0 Å². The van der Waals surface area contributed by atoms with Crippen molar-refractivity contribution in [1.29, 1.82) is 0 Å². The number of benzene rings is 1. The molecule has 1 heterocycles. The van der Waals surface area contributed by atoms with E-state index in [0.717, 1.165) is 5.02 Å². The third-order valence-corrected chi connectivity index (χ3v) is 2.25. The van der Waals surface area contributed by atoms with Gasteiger partial charge < -0.3 is 0 Å². The van der Waals surface area contributed by atoms with Crippen molar-refractivity contribution >= 4 is 23.4 Å². The summed E-state index contributed by atoms with van der Waals surface area (Å²) in [4.78, 5) is 2.70. The summed E-state index contributed by atoms with van der Waals surface area (Å²) in [6.07, 6.45) is 0. The van der Waals surface area contributed by atoms with Crippen molar-refractivity contribution in [2.45, 2.75) is 9.79 Å². The Morgan fingerprint density at radius 2 is 2.12 bits per heavy atom. The van der Waals surface area contributed by atoms with Gasteiger partial charge in [0.05, 0.1) is 0 Å². The predicted octanol–water partition coefficient (Wildman–Crippen LogP) is 2.80. The molecule has 2 heteroatoms. The third-order valence-electron chi connectivity index (χ3n) is 1.08. The lowest BCUT2D eigenvalue weighted by Gasteiger charge is -1.77. The summed E-state index contributed by atoms with van der Waals surface area (Å²) < 4.78 is 0. The van der Waals surface area contributed by atoms with E-state index >= 15 is 0 Å². The van der Waals surface area contributed by atoms with E-state index in [9.17, 15) is 0 Å². The molecule has 0 radical (unpaired) electrons. The van der Waals surface area contributed by atoms with E-state index < -0.39 is 0 Å². The fourth-order valence-electron chi connectivity index (χ4n) is 0.638. The zero-order valence-corrected chi connectivity index (χ0v) is 5.59. The maximum atomic E-state index is 5.66. The van der Waals surface area contributed by atoms with Crippen molar-refractivity contribution in [2.75, 3.05) is 0 Å². The van der Waals surface area contributed by atoms with E-state index in [1.807, 2.05) is 18.2 Å². The van der Waals surface area contributed by atoms with E-state index in [1.165, 1.54) is 9.79 Å². The molecule has 1 aliphatic heterocycles. The largest absolute Gasteiger partial charge is 0.0877 e. The van der Waals surface area contributed by atoms with E-state index in [2.05, 4.69) is 0 Å². The van der Waals surface area contributed by atoms with Crippen LogP contribution in [-0.2, 0) is 0 Å². The van der Waals surface area contributed by atoms with Crippen molar-refractivity contribution in [2.24, 2.45) is 0 Å². The van der Waals surface area contributed by atoms with Crippen LogP contribution in [0.4, 0.5) is 0 Å². The third kappa shape index (κ3) is 0.627. The Bertz CT molecular complexity index is 231. The molecule has 0 aliphatic carbocycles. The van der Waals surface area contributed by atoms with Gasteiger partial charge in [-0.05, 0) is 18.2 Å². The van der Waals surface area contributed by atoms with Crippen LogP contribution in [0.3, 0.4) is 0 Å². The summed E-state index contributed by atoms with van der Waals surface area (Å²) in [7, 11) is 0. The molecule has 8 heavy (non-hydrogen) atoms. The highest BCUT2D eigenvalue weighted by atomic mass is 35.5. The van der Waals surface area contributed by atoms with Gasteiger partial charge in [0.25, 0.3) is 0 Å². The van der Waals surface area contributed by atoms with Gasteiger partial charge in [0.15, 0.2) is 0 Å². The Hall–Kier alpha value is -0.140. The Balaban J connectivity index is 2.64. The van der Waals surface area contributed by atoms with Crippen LogP contribution in [0.1, 0.15) is 0 Å². The van der Waals surface area contributed by atoms with Crippen LogP contribution < -0.4 is 0 Å². The van der Waals surface area contributed by atoms with Crippen molar-refractivity contribution in [1.82, 2.24) is 0 Å². The van der Waals surface area contributed by atoms with E-state index in [0.29, 0.717) is 0 Å². The molecule has 0 unspecified atom stereocenters. The molecular formula is C6H3ClS. The van der Waals surface area contributed by atoms with E-state index in [4.69, 9.17) is 11.6 Å². The van der Waals surface area contributed by atoms with Crippen LogP contribution >= 0.6 is 23.4 Å². The first-order chi connectivity index (χ1) is 3.86. The molecule has 0 aromatic heterocycles. The van der Waals surface area contributed by atoms with Gasteiger partial charge in [0.1, 0.15) is 0 Å². The van der Waals surface area contributed by atoms with E-state index in [-0.39, 0.29) is 0 Å². The smallest absolute Gasteiger partial charge is 0.0418 e. The molecule has 0 fully saturated rings. The molecular weight excluding hydrogens is 140 g/mol. The molecule has 0 atom stereocenters. The lowest BCUT2D eigenvalue weighted by Crippen LogP contribution is -1.54. The Kier molecular flexibility index (Phi) is 0.839. The molecule has 0 N–H and O–H groups in total. The van der Waals surface area contributed by atoms with Crippen LogP contribution in [0.15, 0.2) is 28.0 Å². The highest BCUT2D eigenvalue weighted by Gasteiger charge is 2.16. The average Bonchev–Trinajstić information content (AvgIpc) is 2.43. The Morgan fingerprint density at radius 1 is 1.25 bits per heavy atom. The number of rotatable bonds is 0. The van der Waals surface area contributed by atoms with Crippen LogP contribution in [-0.4, -0.2) is 0 Å². The SMILES string of the molecule is Clc1ccc2c(c1)S2. The molecule has 0 saturated heterocycles. The summed E-state index contributed by atoms with van der Waals surface area (Å²) in [6.45, 7) is 0. The monoisotopic (exact) mass is 142 g/mol. The standard InChI is InChI=1S/C6H3ClS/c7-4-1-2-5-6(3-4)8-5/h1-3H. The summed E-state index contributed by atoms with van der Waals surface area (Å²) in [6, 6.07) is 5.95. The zero-order valence-electron chi connectivity index (χ0n) is 4.02. The molecule has 0 saturated carbocycles. The maximum Gasteiger partial charge on any atom is 0.0418 e. The highest BCUT2D eigenvalue weighted by molar-refractivity contribution is 8.05. The molecule has 0 spiro atoms. The molecule has 2 rings (SSSR count). The van der Waals surface area contributed by atoms with Gasteiger partial charge in [-0.3, -0.25) is 0 Å². The van der Waals surface area contributed by atoms with Crippen LogP contribution in [0.5, 0.6) is 0 Å². The summed E-state index contributed by atoms with van der Waals surface area (Å²) in [5, 5.41) is 0.841. The van der Waals surface area contributed by atoms with Gasteiger partial charge >= 0.3 is 0 Å². The van der Waals surface area contributed by atoms with E-state index in [1.54, 1.807) is 11.8 Å². The van der Waals surface area contributed by atoms with Gasteiger partial charge in [-0.2, -0.15) is 0 Å². The van der Waals surface area contributed by atoms with Gasteiger partial charge in [-0.1, -0.05) is 23.4 Å². The van der Waals surface area contributed by atoms with Crippen molar-refractivity contribution in [3.05, 3.63) is 23.2 Å². The fraction of sp³-hybridized carbons (Fsp3) is 0. The lowest BCUT2D eigenvalue weighted by atomic mass is 10.4. The number of fused-ring (bicyclic) bond motifs is 1. The summed E-state index contributed by atoms with van der Waals surface area (Å²) >= 11 is 7.45. The molecule has 0 bridgehead atoms. The van der Waals surface area contributed by atoms with Gasteiger partial charge in [0, 0.05) is 14.8 Å². The van der Waals surface area contributed by atoms with Crippen LogP contribution in [0.25, 0.3) is 0 Å². The molecule has 0 amide bonds. The summed E-state index contributed by atoms with van der Waals surface area (Å²) in [5.41, 5.74) is 0. The molecule has 40 valence electrons. The number of halogens is 1. The molecule has 1 aromatic carbocycles. The second-order valence-corrected chi connectivity index (χ2v) is 3.21. The second kappa shape index (κ2) is 1.42. The topological polar surface area (TPSA) is 0 Å². The van der Waals surface area contributed by atoms with Gasteiger partial charge in [-0.15, -0.1) is 0 Å². The first-order valence-corrected chi connectivity index (χ1v) is 3.53. The molecule has 1 aromatic rings. The quantitative estimate of drug-likeness (QED) is 0.510. The predicted molar refractivity (Wildman–Crippen MR) is 35.6 cm³/mol. The highest BCUT2D eigenvalue weighted by Crippen LogP contribution is 2.48. The van der Waals surface area contributed by atoms with Crippen molar-refractivity contribution < 1.29 is 0 Å². The fourth-order valence-corrected chi connectivity index (χ4v) is 1.51. The number of hydrogen-bond acceptors (Lipinski definition) is 1. The van der Waals surface area contributed by atoms with Crippen molar-refractivity contribution in [3.63, 3.8) is 0 Å². The first kappa shape index (κ1) is 4.71. The lowest BCUT2D eigenvalue weighted by molar-refractivity contribution is 1.38. The second-order valence-electron chi connectivity index (χ2n) is 1.69. The Morgan fingerprint density at radius 3 is 2.75 bits per heavy atom. The van der Waals surface area contributed by atoms with Crippen LogP contribution in [0, 0.1) is 0 Å². The van der Waals surface area contributed by atoms with Crippen molar-refractivity contribution in [3.8, 4) is 0 Å². The minimum Gasteiger partial charge on any atom is -0.0877 e. The average molecular weight is 143 g/mol. The number of hydrogen-bond donors (Lipinski definition) is 0. The minimum atomic E-state index is 0.841. The summed E-state index contributed by atoms with van der Waals surface area (Å²) in [5.74, 6) is 0. The normalized spacial score (nSPS) is 13.1. The minimum absolute atomic E-state index is 0.841. The molecule has 1 aliphatic rings. The van der Waals surface area contributed by atoms with Crippen LogP contribution in [0.2, 0.25) is 5.02 Å². The maximum absolute atomic E-state index is 5.66. The zero-order chi connectivity index (χ0) is 5.56. The molecule has 0 nitrogen and oxygen atoms in total. The van der Waals surface area contributed by atoms with Gasteiger partial charge in [-0.25, -0.2) is 0 Å². The Labute approximate surface area is 56.9 Å².